The second-order valence-electron chi connectivity index (χ2n) is 14.4. The second-order valence-corrected chi connectivity index (χ2v) is 14.4. The molecule has 0 bridgehead atoms. The third kappa shape index (κ3) is 17.0. The van der Waals surface area contributed by atoms with Gasteiger partial charge in [0.25, 0.3) is 0 Å². The minimum absolute atomic E-state index is 0.0365. The Morgan fingerprint density at radius 1 is 0.635 bits per heavy atom. The molecule has 12 heteroatoms. The van der Waals surface area contributed by atoms with Crippen LogP contribution >= 0.6 is 0 Å². The fourth-order valence-electron chi connectivity index (χ4n) is 5.39. The first-order valence-electron chi connectivity index (χ1n) is 17.8. The summed E-state index contributed by atoms with van der Waals surface area (Å²) in [6.07, 6.45) is -2.24. The third-order valence-corrected chi connectivity index (χ3v) is 8.04. The van der Waals surface area contributed by atoms with Gasteiger partial charge in [0.2, 0.25) is 0 Å². The molecule has 0 aliphatic rings. The molecule has 12 nitrogen and oxygen atoms in total. The minimum atomic E-state index is -1.06. The zero-order valence-corrected chi connectivity index (χ0v) is 31.0. The number of alkyl carbamates (subject to hydrolysis) is 3. The smallest absolute Gasteiger partial charge is 0.407 e. The topological polar surface area (TPSA) is 167 Å². The Morgan fingerprint density at radius 3 is 1.54 bits per heavy atom. The second kappa shape index (κ2) is 21.0. The van der Waals surface area contributed by atoms with Gasteiger partial charge >= 0.3 is 18.3 Å². The molecule has 0 radical (unpaired) electrons. The Bertz CT molecular complexity index is 1490. The quantitative estimate of drug-likeness (QED) is 0.0716. The molecule has 3 aromatic rings. The lowest BCUT2D eigenvalue weighted by Gasteiger charge is -2.30. The van der Waals surface area contributed by atoms with E-state index in [1.165, 1.54) is 0 Å². The van der Waals surface area contributed by atoms with Gasteiger partial charge < -0.3 is 45.7 Å². The van der Waals surface area contributed by atoms with Crippen molar-refractivity contribution in [1.29, 1.82) is 0 Å². The van der Waals surface area contributed by atoms with E-state index in [-0.39, 0.29) is 19.7 Å². The predicted molar refractivity (Wildman–Crippen MR) is 200 cm³/mol. The van der Waals surface area contributed by atoms with Gasteiger partial charge in [-0.2, -0.15) is 0 Å². The minimum Gasteiger partial charge on any atom is -0.445 e. The maximum Gasteiger partial charge on any atom is 0.407 e. The van der Waals surface area contributed by atoms with Crippen molar-refractivity contribution in [2.24, 2.45) is 0 Å². The van der Waals surface area contributed by atoms with Gasteiger partial charge in [-0.15, -0.1) is 0 Å². The van der Waals surface area contributed by atoms with Gasteiger partial charge in [-0.05, 0) is 77.0 Å². The summed E-state index contributed by atoms with van der Waals surface area (Å²) in [6, 6.07) is 26.9. The number of benzene rings is 3. The van der Waals surface area contributed by atoms with Gasteiger partial charge in [-0.3, -0.25) is 0 Å². The van der Waals surface area contributed by atoms with Crippen LogP contribution in [-0.4, -0.2) is 83.6 Å². The summed E-state index contributed by atoms with van der Waals surface area (Å²) in [5, 5.41) is 33.8. The van der Waals surface area contributed by atoms with Gasteiger partial charge in [-0.1, -0.05) is 91.0 Å². The molecule has 0 aliphatic heterocycles. The first kappa shape index (κ1) is 41.8. The van der Waals surface area contributed by atoms with Crippen molar-refractivity contribution in [3.63, 3.8) is 0 Å². The van der Waals surface area contributed by atoms with Gasteiger partial charge in [0, 0.05) is 19.6 Å². The van der Waals surface area contributed by atoms with Crippen molar-refractivity contribution in [1.82, 2.24) is 21.3 Å². The first-order chi connectivity index (χ1) is 24.7. The van der Waals surface area contributed by atoms with Crippen LogP contribution in [-0.2, 0) is 33.7 Å². The van der Waals surface area contributed by atoms with E-state index >= 15 is 0 Å². The van der Waals surface area contributed by atoms with Crippen LogP contribution in [0.4, 0.5) is 14.4 Å². The molecule has 0 aromatic heterocycles. The fraction of sp³-hybridized carbons (Fsp3) is 0.475. The van der Waals surface area contributed by atoms with E-state index in [1.54, 1.807) is 34.6 Å². The van der Waals surface area contributed by atoms with Crippen LogP contribution in [0, 0.1) is 0 Å². The molecule has 52 heavy (non-hydrogen) atoms. The van der Waals surface area contributed by atoms with E-state index < -0.39 is 53.8 Å². The molecule has 0 saturated carbocycles. The summed E-state index contributed by atoms with van der Waals surface area (Å²) in [5.41, 5.74) is 1.15. The molecule has 3 rings (SSSR count). The number of ether oxygens (including phenoxy) is 3. The van der Waals surface area contributed by atoms with Crippen LogP contribution < -0.4 is 21.3 Å². The molecular formula is C40H56N4O8. The van der Waals surface area contributed by atoms with Crippen molar-refractivity contribution in [3.8, 4) is 0 Å². The van der Waals surface area contributed by atoms with Crippen LogP contribution in [0.3, 0.4) is 0 Å². The number of rotatable bonds is 19. The lowest BCUT2D eigenvalue weighted by atomic mass is 10.00. The monoisotopic (exact) mass is 720 g/mol. The predicted octanol–water partition coefficient (Wildman–Crippen LogP) is 5.26. The van der Waals surface area contributed by atoms with Crippen LogP contribution in [0.2, 0.25) is 0 Å². The summed E-state index contributed by atoms with van der Waals surface area (Å²) >= 11 is 0. The maximum atomic E-state index is 13.1. The number of hydrogen-bond acceptors (Lipinski definition) is 9. The number of aliphatic hydroxyl groups is 2. The van der Waals surface area contributed by atoms with Gasteiger partial charge in [0.05, 0.1) is 24.3 Å². The normalized spacial score (nSPS) is 13.9. The summed E-state index contributed by atoms with van der Waals surface area (Å²) < 4.78 is 16.4. The van der Waals surface area contributed by atoms with Gasteiger partial charge in [0.15, 0.2) is 0 Å². The van der Waals surface area contributed by atoms with Crippen LogP contribution in [0.15, 0.2) is 91.0 Å². The third-order valence-electron chi connectivity index (χ3n) is 8.04. The van der Waals surface area contributed by atoms with Crippen LogP contribution in [0.1, 0.15) is 64.2 Å². The lowest BCUT2D eigenvalue weighted by molar-refractivity contribution is 0.0233. The Morgan fingerprint density at radius 2 is 1.08 bits per heavy atom. The highest BCUT2D eigenvalue weighted by molar-refractivity contribution is 5.69. The van der Waals surface area contributed by atoms with E-state index in [4.69, 9.17) is 14.2 Å². The molecular weight excluding hydrogens is 664 g/mol. The number of aliphatic hydroxyl groups excluding tert-OH is 2. The summed E-state index contributed by atoms with van der Waals surface area (Å²) in [5.74, 6) is 0. The van der Waals surface area contributed by atoms with Crippen molar-refractivity contribution in [2.45, 2.75) is 102 Å². The van der Waals surface area contributed by atoms with Crippen molar-refractivity contribution < 1.29 is 38.8 Å². The fourth-order valence-corrected chi connectivity index (χ4v) is 5.39. The zero-order chi connectivity index (χ0) is 38.0. The molecule has 0 spiro atoms. The summed E-state index contributed by atoms with van der Waals surface area (Å²) in [6.45, 7) is 9.46. The molecule has 6 N–H and O–H groups in total. The summed E-state index contributed by atoms with van der Waals surface area (Å²) in [4.78, 5) is 37.8. The standard InChI is InChI=1S/C40H56N4O8/c1-39(2,3)51-37(48)43-32(24-29-16-9-6-10-17-29)34(45)26-41-27-35(46)33(25-30-18-11-7-12-19-30)44-38(49)52-40(4,5)22-15-23-42-36(47)50-28-31-20-13-8-14-21-31/h6-14,16-21,32-35,41,45-46H,15,22-28H2,1-5H3,(H,42,47)(H,43,48)(H,44,49)/t32-,33-,34+,35+/m0/s1. The average molecular weight is 721 g/mol. The van der Waals surface area contributed by atoms with Crippen molar-refractivity contribution >= 4 is 18.3 Å². The molecule has 4 atom stereocenters. The SMILES string of the molecule is CC(C)(C)OC(=O)N[C@@H](Cc1ccccc1)[C@H](O)CNC[C@@H](O)[C@H](Cc1ccccc1)NC(=O)OC(C)(C)CCCNC(=O)OCc1ccccc1. The highest BCUT2D eigenvalue weighted by Gasteiger charge is 2.29. The van der Waals surface area contributed by atoms with Gasteiger partial charge in [0.1, 0.15) is 17.8 Å². The molecule has 3 aromatic carbocycles. The zero-order valence-electron chi connectivity index (χ0n) is 31.0. The van der Waals surface area contributed by atoms with Crippen molar-refractivity contribution in [3.05, 3.63) is 108 Å². The largest absolute Gasteiger partial charge is 0.445 e. The molecule has 0 heterocycles. The molecule has 0 unspecified atom stereocenters. The Balaban J connectivity index is 1.52. The first-order valence-corrected chi connectivity index (χ1v) is 17.8. The van der Waals surface area contributed by atoms with E-state index in [9.17, 15) is 24.6 Å². The maximum absolute atomic E-state index is 13.1. The van der Waals surface area contributed by atoms with Crippen LogP contribution in [0.5, 0.6) is 0 Å². The van der Waals surface area contributed by atoms with Gasteiger partial charge in [-0.25, -0.2) is 14.4 Å². The number of amides is 3. The Kier molecular flexibility index (Phi) is 16.9. The Hall–Kier alpha value is -4.65. The summed E-state index contributed by atoms with van der Waals surface area (Å²) in [7, 11) is 0. The van der Waals surface area contributed by atoms with E-state index in [2.05, 4.69) is 21.3 Å². The lowest BCUT2D eigenvalue weighted by Crippen LogP contribution is -2.53. The number of nitrogens with one attached hydrogen (secondary N) is 4. The van der Waals surface area contributed by atoms with E-state index in [0.717, 1.165) is 16.7 Å². The highest BCUT2D eigenvalue weighted by atomic mass is 16.6. The van der Waals surface area contributed by atoms with E-state index in [1.807, 2.05) is 91.0 Å². The molecule has 3 amide bonds. The number of carbonyl (C=O) groups excluding carboxylic acids is 3. The molecule has 0 saturated heterocycles. The Labute approximate surface area is 307 Å². The highest BCUT2D eigenvalue weighted by Crippen LogP contribution is 2.18. The number of hydrogen-bond donors (Lipinski definition) is 6. The molecule has 0 aliphatic carbocycles. The molecule has 284 valence electrons. The molecule has 0 fully saturated rings. The number of carbonyl (C=O) groups is 3. The van der Waals surface area contributed by atoms with Crippen LogP contribution in [0.25, 0.3) is 0 Å². The van der Waals surface area contributed by atoms with Crippen molar-refractivity contribution in [2.75, 3.05) is 19.6 Å². The van der Waals surface area contributed by atoms with E-state index in [0.29, 0.717) is 32.2 Å². The average Bonchev–Trinajstić information content (AvgIpc) is 3.09.